The average Bonchev–Trinajstić information content (AvgIpc) is 2.86. The number of methoxy groups -OCH3 is 1. The molecule has 21 heavy (non-hydrogen) atoms. The highest BCUT2D eigenvalue weighted by molar-refractivity contribution is 7.89. The molecule has 1 aromatic carbocycles. The van der Waals surface area contributed by atoms with Crippen LogP contribution in [0.2, 0.25) is 0 Å². The molecule has 114 valence electrons. The number of rotatable bonds is 5. The standard InChI is InChI=1S/C14H19N3O3S/c1-4-12-14(21(15,18)19)13(5-2)17(16-12)10-7-6-8-11(9-10)20-3/h6-9H,4-5H2,1-3H3,(H2,15,18,19). The van der Waals surface area contributed by atoms with Crippen LogP contribution in [0, 0.1) is 0 Å². The van der Waals surface area contributed by atoms with Crippen molar-refractivity contribution in [3.8, 4) is 11.4 Å². The third-order valence-corrected chi connectivity index (χ3v) is 4.29. The van der Waals surface area contributed by atoms with E-state index in [2.05, 4.69) is 5.10 Å². The fourth-order valence-corrected chi connectivity index (χ4v) is 3.39. The Bertz CT molecular complexity index is 751. The average molecular weight is 309 g/mol. The van der Waals surface area contributed by atoms with Crippen molar-refractivity contribution < 1.29 is 13.2 Å². The van der Waals surface area contributed by atoms with E-state index in [9.17, 15) is 8.42 Å². The molecule has 2 aromatic rings. The fourth-order valence-electron chi connectivity index (χ4n) is 2.32. The summed E-state index contributed by atoms with van der Waals surface area (Å²) in [6.07, 6.45) is 1.01. The molecule has 0 radical (unpaired) electrons. The van der Waals surface area contributed by atoms with Gasteiger partial charge in [-0.25, -0.2) is 18.2 Å². The summed E-state index contributed by atoms with van der Waals surface area (Å²) in [5.41, 5.74) is 1.82. The number of benzene rings is 1. The first kappa shape index (κ1) is 15.5. The summed E-state index contributed by atoms with van der Waals surface area (Å²) in [6, 6.07) is 7.30. The Labute approximate surface area is 124 Å². The Hall–Kier alpha value is -1.86. The SMILES string of the molecule is CCc1nn(-c2cccc(OC)c2)c(CC)c1S(N)(=O)=O. The predicted octanol–water partition coefficient (Wildman–Crippen LogP) is 1.65. The van der Waals surface area contributed by atoms with Crippen LogP contribution in [0.15, 0.2) is 29.2 Å². The fraction of sp³-hybridized carbons (Fsp3) is 0.357. The second-order valence-electron chi connectivity index (χ2n) is 4.59. The van der Waals surface area contributed by atoms with E-state index in [1.165, 1.54) is 0 Å². The van der Waals surface area contributed by atoms with E-state index in [4.69, 9.17) is 9.88 Å². The highest BCUT2D eigenvalue weighted by atomic mass is 32.2. The van der Waals surface area contributed by atoms with Crippen LogP contribution in [0.4, 0.5) is 0 Å². The topological polar surface area (TPSA) is 87.2 Å². The number of sulfonamides is 1. The van der Waals surface area contributed by atoms with Gasteiger partial charge >= 0.3 is 0 Å². The van der Waals surface area contributed by atoms with Gasteiger partial charge in [0.15, 0.2) is 0 Å². The Kier molecular flexibility index (Phi) is 4.34. The van der Waals surface area contributed by atoms with Crippen molar-refractivity contribution in [2.24, 2.45) is 5.14 Å². The summed E-state index contributed by atoms with van der Waals surface area (Å²) in [4.78, 5) is 0.135. The molecule has 2 N–H and O–H groups in total. The maximum atomic E-state index is 11.9. The lowest BCUT2D eigenvalue weighted by atomic mass is 10.2. The zero-order valence-corrected chi connectivity index (χ0v) is 13.1. The van der Waals surface area contributed by atoms with Crippen molar-refractivity contribution in [2.45, 2.75) is 31.6 Å². The molecule has 0 saturated carbocycles. The molecule has 0 fully saturated rings. The molecular weight excluding hydrogens is 290 g/mol. The van der Waals surface area contributed by atoms with E-state index in [1.807, 2.05) is 32.0 Å². The summed E-state index contributed by atoms with van der Waals surface area (Å²) in [7, 11) is -2.23. The number of aromatic nitrogens is 2. The van der Waals surface area contributed by atoms with Crippen LogP contribution in [0.3, 0.4) is 0 Å². The van der Waals surface area contributed by atoms with E-state index in [1.54, 1.807) is 17.9 Å². The van der Waals surface area contributed by atoms with Gasteiger partial charge in [-0.15, -0.1) is 0 Å². The normalized spacial score (nSPS) is 11.6. The summed E-state index contributed by atoms with van der Waals surface area (Å²) < 4.78 is 30.5. The Balaban J connectivity index is 2.72. The van der Waals surface area contributed by atoms with E-state index in [0.717, 1.165) is 5.69 Å². The van der Waals surface area contributed by atoms with Crippen LogP contribution >= 0.6 is 0 Å². The van der Waals surface area contributed by atoms with Crippen LogP contribution < -0.4 is 9.88 Å². The second-order valence-corrected chi connectivity index (χ2v) is 6.09. The molecule has 7 heteroatoms. The summed E-state index contributed by atoms with van der Waals surface area (Å²) in [6.45, 7) is 3.73. The molecular formula is C14H19N3O3S. The van der Waals surface area contributed by atoms with Crippen molar-refractivity contribution in [1.29, 1.82) is 0 Å². The van der Waals surface area contributed by atoms with Gasteiger partial charge in [0.25, 0.3) is 0 Å². The molecule has 2 rings (SSSR count). The van der Waals surface area contributed by atoms with Crippen molar-refractivity contribution in [1.82, 2.24) is 9.78 Å². The van der Waals surface area contributed by atoms with E-state index in [-0.39, 0.29) is 4.90 Å². The van der Waals surface area contributed by atoms with E-state index < -0.39 is 10.0 Å². The number of hydrogen-bond acceptors (Lipinski definition) is 4. The van der Waals surface area contributed by atoms with Gasteiger partial charge in [0.2, 0.25) is 10.0 Å². The smallest absolute Gasteiger partial charge is 0.241 e. The molecule has 1 aromatic heterocycles. The van der Waals surface area contributed by atoms with Gasteiger partial charge in [-0.05, 0) is 25.0 Å². The van der Waals surface area contributed by atoms with Crippen LogP contribution in [-0.2, 0) is 22.9 Å². The maximum absolute atomic E-state index is 11.9. The van der Waals surface area contributed by atoms with Gasteiger partial charge < -0.3 is 4.74 Å². The van der Waals surface area contributed by atoms with Gasteiger partial charge in [-0.3, -0.25) is 0 Å². The first-order valence-corrected chi connectivity index (χ1v) is 8.25. The highest BCUT2D eigenvalue weighted by Gasteiger charge is 2.24. The van der Waals surface area contributed by atoms with Gasteiger partial charge in [0.05, 0.1) is 24.2 Å². The van der Waals surface area contributed by atoms with Gasteiger partial charge in [0.1, 0.15) is 10.6 Å². The predicted molar refractivity (Wildman–Crippen MR) is 80.2 cm³/mol. The first-order chi connectivity index (χ1) is 9.92. The molecule has 0 aliphatic carbocycles. The minimum absolute atomic E-state index is 0.135. The van der Waals surface area contributed by atoms with Crippen molar-refractivity contribution in [3.05, 3.63) is 35.7 Å². The molecule has 0 atom stereocenters. The van der Waals surface area contributed by atoms with Gasteiger partial charge in [-0.1, -0.05) is 19.9 Å². The van der Waals surface area contributed by atoms with Crippen molar-refractivity contribution in [3.63, 3.8) is 0 Å². The summed E-state index contributed by atoms with van der Waals surface area (Å²) in [5, 5.41) is 9.76. The lowest BCUT2D eigenvalue weighted by Crippen LogP contribution is -2.15. The van der Waals surface area contributed by atoms with Crippen LogP contribution in [-0.4, -0.2) is 25.3 Å². The second kappa shape index (κ2) is 5.87. The number of ether oxygens (including phenoxy) is 1. The summed E-state index contributed by atoms with van der Waals surface area (Å²) >= 11 is 0. The number of primary sulfonamides is 1. The monoisotopic (exact) mass is 309 g/mol. The molecule has 0 amide bonds. The van der Waals surface area contributed by atoms with Gasteiger partial charge in [0, 0.05) is 6.07 Å². The van der Waals surface area contributed by atoms with Crippen LogP contribution in [0.1, 0.15) is 25.2 Å². The molecule has 0 aliphatic rings. The number of nitrogens with zero attached hydrogens (tertiary/aromatic N) is 2. The third kappa shape index (κ3) is 2.93. The highest BCUT2D eigenvalue weighted by Crippen LogP contribution is 2.25. The van der Waals surface area contributed by atoms with Gasteiger partial charge in [-0.2, -0.15) is 5.10 Å². The summed E-state index contributed by atoms with van der Waals surface area (Å²) in [5.74, 6) is 0.681. The molecule has 0 spiro atoms. The third-order valence-electron chi connectivity index (χ3n) is 3.25. The van der Waals surface area contributed by atoms with Crippen LogP contribution in [0.25, 0.3) is 5.69 Å². The van der Waals surface area contributed by atoms with E-state index >= 15 is 0 Å². The first-order valence-electron chi connectivity index (χ1n) is 6.70. The molecule has 6 nitrogen and oxygen atoms in total. The maximum Gasteiger partial charge on any atom is 0.241 e. The minimum atomic E-state index is -3.81. The molecule has 0 unspecified atom stereocenters. The minimum Gasteiger partial charge on any atom is -0.497 e. The molecule has 1 heterocycles. The number of hydrogen-bond donors (Lipinski definition) is 1. The lowest BCUT2D eigenvalue weighted by Gasteiger charge is -2.08. The Morgan fingerprint density at radius 3 is 2.52 bits per heavy atom. The number of aryl methyl sites for hydroxylation is 1. The number of nitrogens with two attached hydrogens (primary N) is 1. The Morgan fingerprint density at radius 1 is 1.29 bits per heavy atom. The molecule has 0 aliphatic heterocycles. The van der Waals surface area contributed by atoms with Crippen molar-refractivity contribution >= 4 is 10.0 Å². The molecule has 0 saturated heterocycles. The molecule has 0 bridgehead atoms. The quantitative estimate of drug-likeness (QED) is 0.909. The zero-order valence-electron chi connectivity index (χ0n) is 12.3. The van der Waals surface area contributed by atoms with Crippen molar-refractivity contribution in [2.75, 3.05) is 7.11 Å². The Morgan fingerprint density at radius 2 is 2.00 bits per heavy atom. The van der Waals surface area contributed by atoms with E-state index in [0.29, 0.717) is 30.0 Å². The van der Waals surface area contributed by atoms with Crippen LogP contribution in [0.5, 0.6) is 5.75 Å². The largest absolute Gasteiger partial charge is 0.497 e. The zero-order chi connectivity index (χ0) is 15.6. The lowest BCUT2D eigenvalue weighted by molar-refractivity contribution is 0.414.